The first kappa shape index (κ1) is 21.4. The summed E-state index contributed by atoms with van der Waals surface area (Å²) < 4.78 is 39.0. The highest BCUT2D eigenvalue weighted by Gasteiger charge is 2.31. The lowest BCUT2D eigenvalue weighted by Crippen LogP contribution is -2.48. The van der Waals surface area contributed by atoms with Gasteiger partial charge >= 0.3 is 0 Å². The molecule has 0 saturated carbocycles. The van der Waals surface area contributed by atoms with E-state index in [0.29, 0.717) is 37.7 Å². The summed E-state index contributed by atoms with van der Waals surface area (Å²) >= 11 is 0. The Bertz CT molecular complexity index is 1200. The van der Waals surface area contributed by atoms with Gasteiger partial charge in [0.25, 0.3) is 0 Å². The molecule has 8 heteroatoms. The summed E-state index contributed by atoms with van der Waals surface area (Å²) in [5, 5.41) is 3.89. The van der Waals surface area contributed by atoms with Gasteiger partial charge in [-0.05, 0) is 56.2 Å². The number of ether oxygens (including phenoxy) is 1. The first-order chi connectivity index (χ1) is 14.8. The van der Waals surface area contributed by atoms with Gasteiger partial charge in [0.15, 0.2) is 5.76 Å². The van der Waals surface area contributed by atoms with Crippen LogP contribution < -0.4 is 9.64 Å². The number of hydrogen-bond acceptors (Lipinski definition) is 6. The number of rotatable bonds is 5. The zero-order chi connectivity index (χ0) is 22.2. The van der Waals surface area contributed by atoms with Crippen LogP contribution in [-0.4, -0.2) is 51.2 Å². The Morgan fingerprint density at radius 1 is 0.968 bits per heavy atom. The predicted octanol–water partition coefficient (Wildman–Crippen LogP) is 3.79. The van der Waals surface area contributed by atoms with Gasteiger partial charge in [-0.15, -0.1) is 0 Å². The lowest BCUT2D eigenvalue weighted by Gasteiger charge is -2.36. The zero-order valence-electron chi connectivity index (χ0n) is 18.3. The summed E-state index contributed by atoms with van der Waals surface area (Å²) in [6, 6.07) is 13.1. The van der Waals surface area contributed by atoms with Crippen molar-refractivity contribution in [2.75, 3.05) is 38.2 Å². The van der Waals surface area contributed by atoms with Gasteiger partial charge in [-0.2, -0.15) is 4.31 Å². The standard InChI is InChI=1S/C23H27N3O4S/c1-16-5-6-17(2)20(13-16)25-9-11-26(12-10-25)31(27,28)23-8-7-19(15-22(23)29-4)21-14-18(3)24-30-21/h5-8,13-15H,9-12H2,1-4H3. The summed E-state index contributed by atoms with van der Waals surface area (Å²) in [5.74, 6) is 0.866. The largest absolute Gasteiger partial charge is 0.495 e. The van der Waals surface area contributed by atoms with Crippen molar-refractivity contribution in [3.63, 3.8) is 0 Å². The van der Waals surface area contributed by atoms with Crippen molar-refractivity contribution in [1.82, 2.24) is 9.46 Å². The van der Waals surface area contributed by atoms with Crippen LogP contribution in [0.2, 0.25) is 0 Å². The smallest absolute Gasteiger partial charge is 0.246 e. The second kappa shape index (κ2) is 8.36. The molecule has 1 aliphatic rings. The van der Waals surface area contributed by atoms with Crippen LogP contribution in [0.4, 0.5) is 5.69 Å². The molecule has 7 nitrogen and oxygen atoms in total. The molecule has 0 bridgehead atoms. The number of aryl methyl sites for hydroxylation is 3. The van der Waals surface area contributed by atoms with E-state index in [9.17, 15) is 8.42 Å². The van der Waals surface area contributed by atoms with Crippen molar-refractivity contribution in [3.05, 3.63) is 59.3 Å². The number of piperazine rings is 1. The Hall–Kier alpha value is -2.84. The molecule has 1 saturated heterocycles. The van der Waals surface area contributed by atoms with Gasteiger partial charge in [0, 0.05) is 43.5 Å². The van der Waals surface area contributed by atoms with E-state index in [1.165, 1.54) is 28.2 Å². The van der Waals surface area contributed by atoms with E-state index in [1.807, 2.05) is 6.92 Å². The third-order valence-corrected chi connectivity index (χ3v) is 7.58. The van der Waals surface area contributed by atoms with Crippen LogP contribution >= 0.6 is 0 Å². The summed E-state index contributed by atoms with van der Waals surface area (Å²) in [6.07, 6.45) is 0. The fourth-order valence-electron chi connectivity index (χ4n) is 3.90. The summed E-state index contributed by atoms with van der Waals surface area (Å²) in [5.41, 5.74) is 5.04. The van der Waals surface area contributed by atoms with E-state index in [1.54, 1.807) is 24.3 Å². The Morgan fingerprint density at radius 3 is 2.35 bits per heavy atom. The minimum atomic E-state index is -3.69. The predicted molar refractivity (Wildman–Crippen MR) is 120 cm³/mol. The van der Waals surface area contributed by atoms with E-state index in [2.05, 4.69) is 42.1 Å². The Morgan fingerprint density at radius 2 is 1.71 bits per heavy atom. The molecule has 1 fully saturated rings. The highest BCUT2D eigenvalue weighted by molar-refractivity contribution is 7.89. The first-order valence-corrected chi connectivity index (χ1v) is 11.7. The fourth-order valence-corrected chi connectivity index (χ4v) is 5.46. The van der Waals surface area contributed by atoms with Gasteiger partial charge in [-0.3, -0.25) is 0 Å². The number of benzene rings is 2. The molecule has 3 aromatic rings. The topological polar surface area (TPSA) is 75.9 Å². The number of anilines is 1. The van der Waals surface area contributed by atoms with Crippen LogP contribution in [0.5, 0.6) is 5.75 Å². The van der Waals surface area contributed by atoms with Crippen molar-refractivity contribution < 1.29 is 17.7 Å². The third-order valence-electron chi connectivity index (χ3n) is 5.64. The highest BCUT2D eigenvalue weighted by atomic mass is 32.2. The van der Waals surface area contributed by atoms with Crippen LogP contribution in [0, 0.1) is 20.8 Å². The molecule has 0 spiro atoms. The van der Waals surface area contributed by atoms with Gasteiger partial charge in [0.05, 0.1) is 12.8 Å². The maximum atomic E-state index is 13.4. The Kier molecular flexibility index (Phi) is 5.77. The van der Waals surface area contributed by atoms with Crippen molar-refractivity contribution in [1.29, 1.82) is 0 Å². The van der Waals surface area contributed by atoms with Crippen LogP contribution in [0.1, 0.15) is 16.8 Å². The fraction of sp³-hybridized carbons (Fsp3) is 0.348. The molecule has 1 aromatic heterocycles. The first-order valence-electron chi connectivity index (χ1n) is 10.2. The van der Waals surface area contributed by atoms with Crippen LogP contribution in [0.25, 0.3) is 11.3 Å². The minimum Gasteiger partial charge on any atom is -0.495 e. The average molecular weight is 442 g/mol. The van der Waals surface area contributed by atoms with Crippen molar-refractivity contribution in [2.24, 2.45) is 0 Å². The molecule has 0 aliphatic carbocycles. The molecular formula is C23H27N3O4S. The van der Waals surface area contributed by atoms with Crippen LogP contribution in [0.3, 0.4) is 0 Å². The minimum absolute atomic E-state index is 0.162. The molecule has 0 unspecified atom stereocenters. The van der Waals surface area contributed by atoms with E-state index >= 15 is 0 Å². The molecule has 0 N–H and O–H groups in total. The number of sulfonamides is 1. The van der Waals surface area contributed by atoms with E-state index in [0.717, 1.165) is 11.3 Å². The molecule has 0 amide bonds. The van der Waals surface area contributed by atoms with Gasteiger partial charge in [-0.1, -0.05) is 17.3 Å². The average Bonchev–Trinajstić information content (AvgIpc) is 3.21. The van der Waals surface area contributed by atoms with Crippen molar-refractivity contribution in [2.45, 2.75) is 25.7 Å². The van der Waals surface area contributed by atoms with Crippen molar-refractivity contribution >= 4 is 15.7 Å². The number of aromatic nitrogens is 1. The molecule has 2 aromatic carbocycles. The second-order valence-electron chi connectivity index (χ2n) is 7.88. The highest BCUT2D eigenvalue weighted by Crippen LogP contribution is 2.33. The maximum Gasteiger partial charge on any atom is 0.246 e. The van der Waals surface area contributed by atoms with Gasteiger partial charge in [0.2, 0.25) is 10.0 Å². The molecule has 1 aliphatic heterocycles. The molecule has 164 valence electrons. The van der Waals surface area contributed by atoms with Crippen LogP contribution in [-0.2, 0) is 10.0 Å². The number of methoxy groups -OCH3 is 1. The maximum absolute atomic E-state index is 13.4. The monoisotopic (exact) mass is 441 g/mol. The number of hydrogen-bond donors (Lipinski definition) is 0. The molecule has 2 heterocycles. The van der Waals surface area contributed by atoms with E-state index < -0.39 is 10.0 Å². The van der Waals surface area contributed by atoms with Gasteiger partial charge in [0.1, 0.15) is 10.6 Å². The molecule has 31 heavy (non-hydrogen) atoms. The number of nitrogens with zero attached hydrogens (tertiary/aromatic N) is 3. The SMILES string of the molecule is COc1cc(-c2cc(C)no2)ccc1S(=O)(=O)N1CCN(c2cc(C)ccc2C)CC1. The van der Waals surface area contributed by atoms with Crippen LogP contribution in [0.15, 0.2) is 51.9 Å². The van der Waals surface area contributed by atoms with E-state index in [4.69, 9.17) is 9.26 Å². The molecular weight excluding hydrogens is 414 g/mol. The molecule has 0 atom stereocenters. The van der Waals surface area contributed by atoms with Gasteiger partial charge in [-0.25, -0.2) is 8.42 Å². The summed E-state index contributed by atoms with van der Waals surface area (Å²) in [6.45, 7) is 8.10. The summed E-state index contributed by atoms with van der Waals surface area (Å²) in [4.78, 5) is 2.41. The second-order valence-corrected chi connectivity index (χ2v) is 9.79. The third kappa shape index (κ3) is 4.18. The molecule has 0 radical (unpaired) electrons. The van der Waals surface area contributed by atoms with Gasteiger partial charge < -0.3 is 14.2 Å². The van der Waals surface area contributed by atoms with Crippen molar-refractivity contribution in [3.8, 4) is 17.1 Å². The van der Waals surface area contributed by atoms with E-state index in [-0.39, 0.29) is 4.90 Å². The zero-order valence-corrected chi connectivity index (χ0v) is 19.1. The Labute approximate surface area is 183 Å². The Balaban J connectivity index is 1.56. The lowest BCUT2D eigenvalue weighted by molar-refractivity contribution is 0.374. The quantitative estimate of drug-likeness (QED) is 0.600. The normalized spacial score (nSPS) is 15.3. The lowest BCUT2D eigenvalue weighted by atomic mass is 10.1. The molecule has 4 rings (SSSR count). The summed E-state index contributed by atoms with van der Waals surface area (Å²) in [7, 11) is -2.21.